The van der Waals surface area contributed by atoms with E-state index in [2.05, 4.69) is 39.7 Å². The minimum absolute atomic E-state index is 0.557. The van der Waals surface area contributed by atoms with Crippen molar-refractivity contribution >= 4 is 17.2 Å². The van der Waals surface area contributed by atoms with Crippen molar-refractivity contribution in [3.63, 3.8) is 0 Å². The SMILES string of the molecule is CN(CCc1cccs1)Cc1cc(N)n[nH]1. The first-order valence-electron chi connectivity index (χ1n) is 5.25. The summed E-state index contributed by atoms with van der Waals surface area (Å²) in [6, 6.07) is 6.14. The second-order valence-corrected chi connectivity index (χ2v) is 4.92. The van der Waals surface area contributed by atoms with Crippen molar-refractivity contribution in [3.05, 3.63) is 34.2 Å². The van der Waals surface area contributed by atoms with E-state index in [-0.39, 0.29) is 0 Å². The molecule has 0 atom stereocenters. The number of nitrogens with zero attached hydrogens (tertiary/aromatic N) is 2. The number of likely N-dealkylation sites (N-methyl/N-ethyl adjacent to an activating group) is 1. The monoisotopic (exact) mass is 236 g/mol. The van der Waals surface area contributed by atoms with E-state index < -0.39 is 0 Å². The molecule has 0 saturated carbocycles. The topological polar surface area (TPSA) is 57.9 Å². The number of aromatic nitrogens is 2. The van der Waals surface area contributed by atoms with Crippen LogP contribution in [-0.4, -0.2) is 28.7 Å². The third-order valence-corrected chi connectivity index (χ3v) is 3.35. The summed E-state index contributed by atoms with van der Waals surface area (Å²) in [5.74, 6) is 0.557. The molecule has 0 bridgehead atoms. The fourth-order valence-corrected chi connectivity index (χ4v) is 2.28. The zero-order valence-electron chi connectivity index (χ0n) is 9.31. The fourth-order valence-electron chi connectivity index (χ4n) is 1.59. The molecule has 0 saturated heterocycles. The lowest BCUT2D eigenvalue weighted by atomic mass is 10.3. The second-order valence-electron chi connectivity index (χ2n) is 3.89. The molecule has 0 radical (unpaired) electrons. The van der Waals surface area contributed by atoms with Gasteiger partial charge >= 0.3 is 0 Å². The maximum Gasteiger partial charge on any atom is 0.145 e. The lowest BCUT2D eigenvalue weighted by Crippen LogP contribution is -2.20. The van der Waals surface area contributed by atoms with Crippen molar-refractivity contribution in [3.8, 4) is 0 Å². The van der Waals surface area contributed by atoms with Gasteiger partial charge in [0.25, 0.3) is 0 Å². The van der Waals surface area contributed by atoms with Gasteiger partial charge in [-0.15, -0.1) is 11.3 Å². The molecular formula is C11H16N4S. The Kier molecular flexibility index (Phi) is 3.58. The summed E-state index contributed by atoms with van der Waals surface area (Å²) in [5.41, 5.74) is 6.61. The Balaban J connectivity index is 1.78. The Labute approximate surface area is 99.1 Å². The van der Waals surface area contributed by atoms with Crippen molar-refractivity contribution in [2.24, 2.45) is 0 Å². The molecule has 0 aliphatic heterocycles. The van der Waals surface area contributed by atoms with Crippen LogP contribution in [0.5, 0.6) is 0 Å². The molecule has 0 unspecified atom stereocenters. The summed E-state index contributed by atoms with van der Waals surface area (Å²) < 4.78 is 0. The lowest BCUT2D eigenvalue weighted by molar-refractivity contribution is 0.328. The quantitative estimate of drug-likeness (QED) is 0.831. The van der Waals surface area contributed by atoms with Crippen molar-refractivity contribution < 1.29 is 0 Å². The Morgan fingerprint density at radius 1 is 1.56 bits per heavy atom. The van der Waals surface area contributed by atoms with E-state index in [1.54, 1.807) is 0 Å². The summed E-state index contributed by atoms with van der Waals surface area (Å²) in [6.45, 7) is 1.90. The molecule has 2 heterocycles. The van der Waals surface area contributed by atoms with E-state index in [0.717, 1.165) is 25.2 Å². The number of aromatic amines is 1. The van der Waals surface area contributed by atoms with Gasteiger partial charge in [-0.3, -0.25) is 5.10 Å². The fraction of sp³-hybridized carbons (Fsp3) is 0.364. The smallest absolute Gasteiger partial charge is 0.145 e. The zero-order chi connectivity index (χ0) is 11.4. The van der Waals surface area contributed by atoms with Crippen LogP contribution in [-0.2, 0) is 13.0 Å². The van der Waals surface area contributed by atoms with Crippen LogP contribution < -0.4 is 5.73 Å². The van der Waals surface area contributed by atoms with Gasteiger partial charge in [0.05, 0.1) is 5.69 Å². The van der Waals surface area contributed by atoms with Crippen LogP contribution in [0.2, 0.25) is 0 Å². The first-order valence-corrected chi connectivity index (χ1v) is 6.12. The molecule has 4 nitrogen and oxygen atoms in total. The number of thiophene rings is 1. The van der Waals surface area contributed by atoms with Gasteiger partial charge in [-0.05, 0) is 24.9 Å². The summed E-state index contributed by atoms with van der Waals surface area (Å²) in [7, 11) is 2.10. The number of H-pyrrole nitrogens is 1. The van der Waals surface area contributed by atoms with Gasteiger partial charge in [0.2, 0.25) is 0 Å². The predicted octanol–water partition coefficient (Wildman–Crippen LogP) is 1.73. The molecule has 2 aromatic rings. The van der Waals surface area contributed by atoms with Gasteiger partial charge < -0.3 is 10.6 Å². The third-order valence-electron chi connectivity index (χ3n) is 2.41. The largest absolute Gasteiger partial charge is 0.382 e. The number of anilines is 1. The molecule has 86 valence electrons. The van der Waals surface area contributed by atoms with Crippen LogP contribution in [0.25, 0.3) is 0 Å². The highest BCUT2D eigenvalue weighted by atomic mass is 32.1. The van der Waals surface area contributed by atoms with Gasteiger partial charge in [0.1, 0.15) is 5.82 Å². The van der Waals surface area contributed by atoms with Crippen LogP contribution in [0.4, 0.5) is 5.82 Å². The standard InChI is InChI=1S/C11H16N4S/c1-15(5-4-10-3-2-6-16-10)8-9-7-11(12)14-13-9/h2-3,6-7H,4-5,8H2,1H3,(H3,12,13,14). The number of nitrogens with one attached hydrogen (secondary N) is 1. The minimum atomic E-state index is 0.557. The molecular weight excluding hydrogens is 220 g/mol. The van der Waals surface area contributed by atoms with E-state index in [1.807, 2.05) is 17.4 Å². The van der Waals surface area contributed by atoms with Gasteiger partial charge in [-0.2, -0.15) is 5.10 Å². The number of nitrogen functional groups attached to an aromatic ring is 1. The van der Waals surface area contributed by atoms with Crippen LogP contribution in [0.15, 0.2) is 23.6 Å². The summed E-state index contributed by atoms with van der Waals surface area (Å²) >= 11 is 1.81. The van der Waals surface area contributed by atoms with Gasteiger partial charge in [0, 0.05) is 24.0 Å². The molecule has 0 aliphatic carbocycles. The number of hydrogen-bond acceptors (Lipinski definition) is 4. The first-order chi connectivity index (χ1) is 7.74. The molecule has 16 heavy (non-hydrogen) atoms. The highest BCUT2D eigenvalue weighted by molar-refractivity contribution is 7.09. The van der Waals surface area contributed by atoms with Gasteiger partial charge in [-0.1, -0.05) is 6.07 Å². The lowest BCUT2D eigenvalue weighted by Gasteiger charge is -2.14. The normalized spacial score (nSPS) is 11.1. The van der Waals surface area contributed by atoms with Crippen molar-refractivity contribution in [2.45, 2.75) is 13.0 Å². The molecule has 0 spiro atoms. The highest BCUT2D eigenvalue weighted by Crippen LogP contribution is 2.10. The summed E-state index contributed by atoms with van der Waals surface area (Å²) in [5, 5.41) is 8.94. The molecule has 0 aromatic carbocycles. The van der Waals surface area contributed by atoms with Crippen LogP contribution in [0, 0.1) is 0 Å². The molecule has 5 heteroatoms. The molecule has 2 rings (SSSR count). The predicted molar refractivity (Wildman–Crippen MR) is 67.4 cm³/mol. The third kappa shape index (κ3) is 3.08. The van der Waals surface area contributed by atoms with Gasteiger partial charge in [0.15, 0.2) is 0 Å². The second kappa shape index (κ2) is 5.14. The van der Waals surface area contributed by atoms with Crippen molar-refractivity contribution in [2.75, 3.05) is 19.3 Å². The van der Waals surface area contributed by atoms with Crippen molar-refractivity contribution in [1.82, 2.24) is 15.1 Å². The molecule has 0 fully saturated rings. The van der Waals surface area contributed by atoms with Crippen molar-refractivity contribution in [1.29, 1.82) is 0 Å². The average molecular weight is 236 g/mol. The molecule has 2 aromatic heterocycles. The molecule has 3 N–H and O–H groups in total. The Bertz CT molecular complexity index is 421. The van der Waals surface area contributed by atoms with E-state index in [0.29, 0.717) is 5.82 Å². The van der Waals surface area contributed by atoms with E-state index in [4.69, 9.17) is 5.73 Å². The average Bonchev–Trinajstić information content (AvgIpc) is 2.87. The maximum absolute atomic E-state index is 5.55. The highest BCUT2D eigenvalue weighted by Gasteiger charge is 2.03. The molecule has 0 aliphatic rings. The van der Waals surface area contributed by atoms with Crippen LogP contribution in [0.1, 0.15) is 10.6 Å². The first kappa shape index (κ1) is 11.2. The Morgan fingerprint density at radius 3 is 3.06 bits per heavy atom. The number of hydrogen-bond donors (Lipinski definition) is 2. The number of nitrogens with two attached hydrogens (primary N) is 1. The van der Waals surface area contributed by atoms with E-state index in [9.17, 15) is 0 Å². The van der Waals surface area contributed by atoms with E-state index in [1.165, 1.54) is 4.88 Å². The summed E-state index contributed by atoms with van der Waals surface area (Å²) in [6.07, 6.45) is 1.10. The van der Waals surface area contributed by atoms with E-state index >= 15 is 0 Å². The Hall–Kier alpha value is -1.33. The maximum atomic E-state index is 5.55. The summed E-state index contributed by atoms with van der Waals surface area (Å²) in [4.78, 5) is 3.68. The molecule has 0 amide bonds. The van der Waals surface area contributed by atoms with Crippen LogP contribution >= 0.6 is 11.3 Å². The number of rotatable bonds is 5. The van der Waals surface area contributed by atoms with Gasteiger partial charge in [-0.25, -0.2) is 0 Å². The Morgan fingerprint density at radius 2 is 2.44 bits per heavy atom. The zero-order valence-corrected chi connectivity index (χ0v) is 10.1. The minimum Gasteiger partial charge on any atom is -0.382 e. The van der Waals surface area contributed by atoms with Crippen LogP contribution in [0.3, 0.4) is 0 Å².